The summed E-state index contributed by atoms with van der Waals surface area (Å²) in [4.78, 5) is 29.2. The standard InChI is InChI=1S/C23H24N4OS/c1-14(2)29-19-9-18(12-24-13-19)27-21-8-16(17-10-25-15(3)26-11-17)6-7-20(21)23(4,5)22(27)28/h6-14H,1-5H3. The van der Waals surface area contributed by atoms with Crippen molar-refractivity contribution >= 4 is 29.0 Å². The van der Waals surface area contributed by atoms with Gasteiger partial charge in [-0.05, 0) is 44.0 Å². The van der Waals surface area contributed by atoms with Crippen LogP contribution in [0.25, 0.3) is 11.1 Å². The Labute approximate surface area is 175 Å². The molecule has 0 atom stereocenters. The Morgan fingerprint density at radius 3 is 2.41 bits per heavy atom. The van der Waals surface area contributed by atoms with Crippen LogP contribution in [0.15, 0.2) is 53.9 Å². The lowest BCUT2D eigenvalue weighted by Crippen LogP contribution is -2.33. The number of nitrogens with zero attached hydrogens (tertiary/aromatic N) is 4. The highest BCUT2D eigenvalue weighted by Gasteiger charge is 2.44. The molecule has 0 bridgehead atoms. The number of aromatic nitrogens is 3. The van der Waals surface area contributed by atoms with Crippen LogP contribution < -0.4 is 4.90 Å². The van der Waals surface area contributed by atoms with Crippen molar-refractivity contribution in [1.82, 2.24) is 15.0 Å². The largest absolute Gasteiger partial charge is 0.278 e. The van der Waals surface area contributed by atoms with E-state index >= 15 is 0 Å². The minimum absolute atomic E-state index is 0.0540. The van der Waals surface area contributed by atoms with Crippen molar-refractivity contribution in [3.8, 4) is 11.1 Å². The van der Waals surface area contributed by atoms with Crippen molar-refractivity contribution in [3.05, 3.63) is 60.4 Å². The maximum atomic E-state index is 13.4. The Hall–Kier alpha value is -2.73. The van der Waals surface area contributed by atoms with Crippen LogP contribution >= 0.6 is 11.8 Å². The lowest BCUT2D eigenvalue weighted by atomic mass is 9.85. The fourth-order valence-corrected chi connectivity index (χ4v) is 4.45. The van der Waals surface area contributed by atoms with E-state index in [1.165, 1.54) is 0 Å². The molecule has 0 N–H and O–H groups in total. The molecule has 0 spiro atoms. The van der Waals surface area contributed by atoms with Gasteiger partial charge in [0.25, 0.3) is 0 Å². The predicted octanol–water partition coefficient (Wildman–Crippen LogP) is 5.30. The van der Waals surface area contributed by atoms with Crippen LogP contribution in [0.1, 0.15) is 39.1 Å². The van der Waals surface area contributed by atoms with Crippen LogP contribution in [0.5, 0.6) is 0 Å². The van der Waals surface area contributed by atoms with Gasteiger partial charge in [-0.3, -0.25) is 14.7 Å². The Morgan fingerprint density at radius 1 is 1.00 bits per heavy atom. The molecule has 1 amide bonds. The fraction of sp³-hybridized carbons (Fsp3) is 0.304. The third-order valence-corrected chi connectivity index (χ3v) is 6.06. The number of hydrogen-bond acceptors (Lipinski definition) is 5. The molecule has 0 unspecified atom stereocenters. The van der Waals surface area contributed by atoms with E-state index < -0.39 is 5.41 Å². The highest BCUT2D eigenvalue weighted by Crippen LogP contribution is 2.47. The van der Waals surface area contributed by atoms with E-state index in [4.69, 9.17) is 0 Å². The molecular weight excluding hydrogens is 380 g/mol. The van der Waals surface area contributed by atoms with Crippen molar-refractivity contribution in [2.24, 2.45) is 0 Å². The molecule has 4 rings (SSSR count). The number of pyridine rings is 1. The van der Waals surface area contributed by atoms with E-state index in [-0.39, 0.29) is 5.91 Å². The van der Waals surface area contributed by atoms with Crippen molar-refractivity contribution < 1.29 is 4.79 Å². The number of rotatable bonds is 4. The van der Waals surface area contributed by atoms with Gasteiger partial charge >= 0.3 is 0 Å². The lowest BCUT2D eigenvalue weighted by molar-refractivity contribution is -0.121. The molecule has 1 aliphatic heterocycles. The molecule has 148 valence electrons. The summed E-state index contributed by atoms with van der Waals surface area (Å²) in [6.45, 7) is 10.1. The quantitative estimate of drug-likeness (QED) is 0.552. The number of amides is 1. The average molecular weight is 405 g/mol. The topological polar surface area (TPSA) is 59.0 Å². The molecule has 1 aromatic carbocycles. The van der Waals surface area contributed by atoms with E-state index in [0.29, 0.717) is 5.25 Å². The second-order valence-corrected chi connectivity index (χ2v) is 9.71. The number of carbonyl (C=O) groups excluding carboxylic acids is 1. The summed E-state index contributed by atoms with van der Waals surface area (Å²) < 4.78 is 0. The minimum Gasteiger partial charge on any atom is -0.278 e. The molecule has 0 saturated carbocycles. The van der Waals surface area contributed by atoms with Crippen LogP contribution in [-0.2, 0) is 10.2 Å². The maximum Gasteiger partial charge on any atom is 0.241 e. The number of thioether (sulfide) groups is 1. The van der Waals surface area contributed by atoms with Gasteiger partial charge in [0, 0.05) is 34.3 Å². The average Bonchev–Trinajstić information content (AvgIpc) is 2.87. The summed E-state index contributed by atoms with van der Waals surface area (Å²) in [6, 6.07) is 8.18. The highest BCUT2D eigenvalue weighted by molar-refractivity contribution is 7.99. The summed E-state index contributed by atoms with van der Waals surface area (Å²) in [5, 5.41) is 0.443. The molecule has 1 aliphatic rings. The first-order valence-electron chi connectivity index (χ1n) is 9.67. The molecule has 0 aliphatic carbocycles. The second kappa shape index (κ2) is 7.26. The van der Waals surface area contributed by atoms with Gasteiger partial charge in [-0.15, -0.1) is 11.8 Å². The predicted molar refractivity (Wildman–Crippen MR) is 118 cm³/mol. The van der Waals surface area contributed by atoms with Crippen molar-refractivity contribution in [2.75, 3.05) is 4.90 Å². The van der Waals surface area contributed by atoms with Crippen LogP contribution in [-0.4, -0.2) is 26.1 Å². The zero-order chi connectivity index (χ0) is 20.8. The SMILES string of the molecule is Cc1ncc(-c2ccc3c(c2)N(c2cncc(SC(C)C)c2)C(=O)C3(C)C)cn1. The van der Waals surface area contributed by atoms with E-state index in [9.17, 15) is 4.79 Å². The zero-order valence-electron chi connectivity index (χ0n) is 17.3. The van der Waals surface area contributed by atoms with Gasteiger partial charge in [0.1, 0.15) is 5.82 Å². The van der Waals surface area contributed by atoms with E-state index in [1.54, 1.807) is 22.9 Å². The molecule has 0 fully saturated rings. The maximum absolute atomic E-state index is 13.4. The lowest BCUT2D eigenvalue weighted by Gasteiger charge is -2.21. The Bertz CT molecular complexity index is 1080. The van der Waals surface area contributed by atoms with Gasteiger partial charge in [0.15, 0.2) is 0 Å². The van der Waals surface area contributed by atoms with Gasteiger partial charge in [-0.1, -0.05) is 26.0 Å². The fourth-order valence-electron chi connectivity index (χ4n) is 3.59. The first kappa shape index (κ1) is 19.6. The van der Waals surface area contributed by atoms with Crippen molar-refractivity contribution in [3.63, 3.8) is 0 Å². The first-order valence-corrected chi connectivity index (χ1v) is 10.5. The smallest absolute Gasteiger partial charge is 0.241 e. The molecule has 3 aromatic rings. The molecule has 0 radical (unpaired) electrons. The number of hydrogen-bond donors (Lipinski definition) is 0. The van der Waals surface area contributed by atoms with Gasteiger partial charge in [0.2, 0.25) is 5.91 Å². The summed E-state index contributed by atoms with van der Waals surface area (Å²) in [6.07, 6.45) is 7.24. The summed E-state index contributed by atoms with van der Waals surface area (Å²) in [5.74, 6) is 0.789. The monoisotopic (exact) mass is 404 g/mol. The molecular formula is C23H24N4OS. The Morgan fingerprint density at radius 2 is 1.72 bits per heavy atom. The number of anilines is 2. The molecule has 5 nitrogen and oxygen atoms in total. The van der Waals surface area contributed by atoms with E-state index in [2.05, 4.69) is 34.9 Å². The van der Waals surface area contributed by atoms with Crippen LogP contribution in [0.4, 0.5) is 11.4 Å². The number of carbonyl (C=O) groups is 1. The zero-order valence-corrected chi connectivity index (χ0v) is 18.1. The van der Waals surface area contributed by atoms with E-state index in [0.717, 1.165) is 38.8 Å². The Kier molecular flexibility index (Phi) is 4.90. The highest BCUT2D eigenvalue weighted by atomic mass is 32.2. The Balaban J connectivity index is 1.82. The number of benzene rings is 1. The number of aryl methyl sites for hydroxylation is 1. The first-order chi connectivity index (χ1) is 13.8. The van der Waals surface area contributed by atoms with Crippen molar-refractivity contribution in [2.45, 2.75) is 50.2 Å². The molecule has 2 aromatic heterocycles. The summed E-state index contributed by atoms with van der Waals surface area (Å²) >= 11 is 1.74. The molecule has 29 heavy (non-hydrogen) atoms. The summed E-state index contributed by atoms with van der Waals surface area (Å²) in [7, 11) is 0. The van der Waals surface area contributed by atoms with Crippen LogP contribution in [0.3, 0.4) is 0 Å². The van der Waals surface area contributed by atoms with Crippen LogP contribution in [0, 0.1) is 6.92 Å². The van der Waals surface area contributed by atoms with Gasteiger partial charge in [-0.25, -0.2) is 9.97 Å². The third kappa shape index (κ3) is 3.53. The van der Waals surface area contributed by atoms with Gasteiger partial charge in [-0.2, -0.15) is 0 Å². The third-order valence-electron chi connectivity index (χ3n) is 5.09. The molecule has 6 heteroatoms. The number of fused-ring (bicyclic) bond motifs is 1. The summed E-state index contributed by atoms with van der Waals surface area (Å²) in [5.41, 5.74) is 4.02. The molecule has 0 saturated heterocycles. The molecule has 3 heterocycles. The minimum atomic E-state index is -0.598. The normalized spacial score (nSPS) is 15.1. The second-order valence-electron chi connectivity index (χ2n) is 8.06. The van der Waals surface area contributed by atoms with Gasteiger partial charge in [0.05, 0.1) is 23.0 Å². The van der Waals surface area contributed by atoms with Crippen molar-refractivity contribution in [1.29, 1.82) is 0 Å². The van der Waals surface area contributed by atoms with E-state index in [1.807, 2.05) is 57.6 Å². The van der Waals surface area contributed by atoms with Crippen LogP contribution in [0.2, 0.25) is 0 Å². The van der Waals surface area contributed by atoms with Gasteiger partial charge < -0.3 is 0 Å².